The average Bonchev–Trinajstić information content (AvgIpc) is 3.30. The maximum absolute atomic E-state index is 12.8. The molecule has 1 aliphatic rings. The summed E-state index contributed by atoms with van der Waals surface area (Å²) in [5, 5.41) is 13.0. The number of aromatic carboxylic acids is 1. The molecule has 4 aromatic heterocycles. The van der Waals surface area contributed by atoms with E-state index < -0.39 is 11.4 Å². The molecule has 1 fully saturated rings. The SMILES string of the molecule is Cc1cc(N2CC(NC(=O)c3ncccn3)C2)nc2c1c(=O)c(C(=O)O)cn2-c1ncns1. The molecule has 5 rings (SSSR count). The van der Waals surface area contributed by atoms with Crippen LogP contribution in [0.25, 0.3) is 16.2 Å². The van der Waals surface area contributed by atoms with Crippen molar-refractivity contribution in [2.75, 3.05) is 18.0 Å². The minimum atomic E-state index is -1.33. The van der Waals surface area contributed by atoms with Crippen molar-refractivity contribution < 1.29 is 14.7 Å². The molecule has 2 N–H and O–H groups in total. The lowest BCUT2D eigenvalue weighted by Gasteiger charge is -2.40. The third kappa shape index (κ3) is 3.67. The monoisotopic (exact) mass is 464 g/mol. The highest BCUT2D eigenvalue weighted by Crippen LogP contribution is 2.26. The molecule has 1 amide bonds. The molecule has 166 valence electrons. The molecule has 0 bridgehead atoms. The van der Waals surface area contributed by atoms with Gasteiger partial charge in [0.1, 0.15) is 17.7 Å². The fourth-order valence-corrected chi connectivity index (χ4v) is 4.14. The fraction of sp³-hybridized carbons (Fsp3) is 0.200. The molecule has 0 aromatic carbocycles. The van der Waals surface area contributed by atoms with Gasteiger partial charge in [0.05, 0.1) is 11.4 Å². The van der Waals surface area contributed by atoms with Gasteiger partial charge in [-0.25, -0.2) is 24.7 Å². The first-order valence-corrected chi connectivity index (χ1v) is 10.6. The lowest BCUT2D eigenvalue weighted by atomic mass is 10.1. The van der Waals surface area contributed by atoms with Crippen LogP contribution in [0.4, 0.5) is 5.82 Å². The highest BCUT2D eigenvalue weighted by Gasteiger charge is 2.31. The highest BCUT2D eigenvalue weighted by atomic mass is 32.1. The molecule has 0 spiro atoms. The molecule has 1 aliphatic heterocycles. The fourth-order valence-electron chi connectivity index (χ4n) is 3.63. The van der Waals surface area contributed by atoms with Crippen LogP contribution in [0, 0.1) is 6.92 Å². The zero-order valence-electron chi connectivity index (χ0n) is 17.2. The summed E-state index contributed by atoms with van der Waals surface area (Å²) in [6.45, 7) is 2.75. The zero-order valence-corrected chi connectivity index (χ0v) is 18.0. The molecule has 0 saturated carbocycles. The van der Waals surface area contributed by atoms with Gasteiger partial charge in [-0.2, -0.15) is 4.37 Å². The van der Waals surface area contributed by atoms with Gasteiger partial charge in [0.15, 0.2) is 5.65 Å². The Bertz CT molecular complexity index is 1430. The van der Waals surface area contributed by atoms with E-state index in [1.807, 2.05) is 4.90 Å². The molecule has 13 heteroatoms. The molecule has 0 atom stereocenters. The third-order valence-electron chi connectivity index (χ3n) is 5.24. The number of rotatable bonds is 5. The van der Waals surface area contributed by atoms with Crippen LogP contribution >= 0.6 is 11.5 Å². The second-order valence-electron chi connectivity index (χ2n) is 7.41. The van der Waals surface area contributed by atoms with E-state index in [-0.39, 0.29) is 28.7 Å². The van der Waals surface area contributed by atoms with Crippen molar-refractivity contribution in [2.45, 2.75) is 13.0 Å². The Labute approximate surface area is 189 Å². The van der Waals surface area contributed by atoms with Gasteiger partial charge in [-0.1, -0.05) is 0 Å². The van der Waals surface area contributed by atoms with Crippen molar-refractivity contribution >= 4 is 40.3 Å². The van der Waals surface area contributed by atoms with Crippen LogP contribution < -0.4 is 15.6 Å². The van der Waals surface area contributed by atoms with E-state index >= 15 is 0 Å². The minimum absolute atomic E-state index is 0.103. The van der Waals surface area contributed by atoms with E-state index in [0.29, 0.717) is 35.2 Å². The van der Waals surface area contributed by atoms with Crippen molar-refractivity contribution in [1.29, 1.82) is 0 Å². The number of nitrogens with one attached hydrogen (secondary N) is 1. The number of carbonyl (C=O) groups excluding carboxylic acids is 1. The number of carbonyl (C=O) groups is 2. The predicted octanol–water partition coefficient (Wildman–Crippen LogP) is 0.652. The van der Waals surface area contributed by atoms with E-state index in [9.17, 15) is 19.5 Å². The number of carboxylic acids is 1. The lowest BCUT2D eigenvalue weighted by molar-refractivity contribution is 0.0694. The Morgan fingerprint density at radius 2 is 1.97 bits per heavy atom. The number of hydrogen-bond donors (Lipinski definition) is 2. The van der Waals surface area contributed by atoms with Crippen LogP contribution in [0.15, 0.2) is 41.8 Å². The van der Waals surface area contributed by atoms with Gasteiger partial charge in [0.2, 0.25) is 16.4 Å². The molecule has 12 nitrogen and oxygen atoms in total. The molecule has 33 heavy (non-hydrogen) atoms. The second-order valence-corrected chi connectivity index (χ2v) is 8.17. The van der Waals surface area contributed by atoms with E-state index in [1.165, 1.54) is 29.5 Å². The molecule has 1 saturated heterocycles. The van der Waals surface area contributed by atoms with Crippen LogP contribution in [0.3, 0.4) is 0 Å². The summed E-state index contributed by atoms with van der Waals surface area (Å²) >= 11 is 1.06. The number of fused-ring (bicyclic) bond motifs is 1. The van der Waals surface area contributed by atoms with Gasteiger partial charge in [-0.05, 0) is 24.6 Å². The van der Waals surface area contributed by atoms with E-state index in [2.05, 4.69) is 29.6 Å². The summed E-state index contributed by atoms with van der Waals surface area (Å²) in [6, 6.07) is 3.26. The number of anilines is 1. The van der Waals surface area contributed by atoms with E-state index in [4.69, 9.17) is 0 Å². The summed E-state index contributed by atoms with van der Waals surface area (Å²) in [4.78, 5) is 55.4. The Balaban J connectivity index is 1.47. The Kier molecular flexibility index (Phi) is 5.01. The molecule has 0 radical (unpaired) electrons. The predicted molar refractivity (Wildman–Crippen MR) is 118 cm³/mol. The van der Waals surface area contributed by atoms with Gasteiger partial charge < -0.3 is 15.3 Å². The quantitative estimate of drug-likeness (QED) is 0.430. The van der Waals surface area contributed by atoms with Crippen molar-refractivity contribution in [3.05, 3.63) is 64.2 Å². The minimum Gasteiger partial charge on any atom is -0.477 e. The van der Waals surface area contributed by atoms with Crippen molar-refractivity contribution in [3.8, 4) is 5.13 Å². The van der Waals surface area contributed by atoms with Gasteiger partial charge >= 0.3 is 5.97 Å². The van der Waals surface area contributed by atoms with Crippen LogP contribution in [0.2, 0.25) is 0 Å². The number of carboxylic acid groups (broad SMARTS) is 1. The summed E-state index contributed by atoms with van der Waals surface area (Å²) in [6.07, 6.45) is 5.58. The summed E-state index contributed by atoms with van der Waals surface area (Å²) in [5.41, 5.74) is -0.0925. The Morgan fingerprint density at radius 3 is 2.64 bits per heavy atom. The van der Waals surface area contributed by atoms with Gasteiger partial charge in [-0.15, -0.1) is 0 Å². The molecular formula is C20H16N8O4S. The number of aromatic nitrogens is 6. The van der Waals surface area contributed by atoms with Crippen molar-refractivity contribution in [1.82, 2.24) is 34.2 Å². The van der Waals surface area contributed by atoms with Crippen LogP contribution in [0.5, 0.6) is 0 Å². The molecule has 4 aromatic rings. The Hall–Kier alpha value is -4.26. The number of hydrogen-bond acceptors (Lipinski definition) is 10. The summed E-state index contributed by atoms with van der Waals surface area (Å²) in [7, 11) is 0. The number of aryl methyl sites for hydroxylation is 1. The van der Waals surface area contributed by atoms with Gasteiger partial charge in [0, 0.05) is 43.2 Å². The molecule has 5 heterocycles. The van der Waals surface area contributed by atoms with Crippen LogP contribution in [0.1, 0.15) is 26.5 Å². The second kappa shape index (κ2) is 8.02. The third-order valence-corrected chi connectivity index (χ3v) is 5.90. The summed E-state index contributed by atoms with van der Waals surface area (Å²) in [5.74, 6) is -0.977. The smallest absolute Gasteiger partial charge is 0.341 e. The van der Waals surface area contributed by atoms with E-state index in [0.717, 1.165) is 11.5 Å². The topological polar surface area (TPSA) is 156 Å². The van der Waals surface area contributed by atoms with Crippen LogP contribution in [-0.4, -0.2) is 65.0 Å². The largest absolute Gasteiger partial charge is 0.477 e. The number of pyridine rings is 2. The first kappa shape index (κ1) is 20.6. The van der Waals surface area contributed by atoms with Gasteiger partial charge in [-0.3, -0.25) is 14.2 Å². The Morgan fingerprint density at radius 1 is 1.21 bits per heavy atom. The number of amides is 1. The molecule has 0 unspecified atom stereocenters. The maximum atomic E-state index is 12.8. The van der Waals surface area contributed by atoms with Crippen molar-refractivity contribution in [3.63, 3.8) is 0 Å². The van der Waals surface area contributed by atoms with Crippen molar-refractivity contribution in [2.24, 2.45) is 0 Å². The van der Waals surface area contributed by atoms with E-state index in [1.54, 1.807) is 19.1 Å². The highest BCUT2D eigenvalue weighted by molar-refractivity contribution is 7.08. The first-order valence-electron chi connectivity index (χ1n) is 9.82. The van der Waals surface area contributed by atoms with Crippen LogP contribution in [-0.2, 0) is 0 Å². The molecular weight excluding hydrogens is 448 g/mol. The van der Waals surface area contributed by atoms with Gasteiger partial charge in [0.25, 0.3) is 5.91 Å². The normalized spacial score (nSPS) is 13.7. The summed E-state index contributed by atoms with van der Waals surface area (Å²) < 4.78 is 5.44. The number of nitrogens with zero attached hydrogens (tertiary/aromatic N) is 7. The lowest BCUT2D eigenvalue weighted by Crippen LogP contribution is -2.59. The average molecular weight is 464 g/mol. The first-order chi connectivity index (χ1) is 15.9. The zero-order chi connectivity index (χ0) is 23.1. The maximum Gasteiger partial charge on any atom is 0.341 e. The molecule has 0 aliphatic carbocycles. The standard InChI is InChI=1S/C20H16N8O4S/c1-10-5-13(27-6-11(7-27)25-18(30)16-21-3-2-4-22-16)26-17-14(10)15(29)12(19(31)32)8-28(17)20-23-9-24-33-20/h2-5,8-9,11H,6-7H2,1H3,(H,25,30)(H,31,32).